The minimum Gasteiger partial charge on any atom is -0.370 e. The van der Waals surface area contributed by atoms with Crippen LogP contribution in [0.25, 0.3) is 0 Å². The van der Waals surface area contributed by atoms with E-state index < -0.39 is 43.3 Å². The predicted molar refractivity (Wildman–Crippen MR) is 119 cm³/mol. The molecule has 178 valence electrons. The molecule has 5 rings (SSSR count). The highest BCUT2D eigenvalue weighted by molar-refractivity contribution is 7.92. The smallest absolute Gasteiger partial charge is 0.268 e. The second-order valence-electron chi connectivity index (χ2n) is 9.45. The fourth-order valence-corrected chi connectivity index (χ4v) is 7.23. The lowest BCUT2D eigenvalue weighted by atomic mass is 9.54. The van der Waals surface area contributed by atoms with Gasteiger partial charge < -0.3 is 9.80 Å². The maximum atomic E-state index is 15.1. The molecule has 2 aromatic rings. The highest BCUT2D eigenvalue weighted by atomic mass is 35.5. The topological polar surface area (TPSA) is 65.5 Å². The summed E-state index contributed by atoms with van der Waals surface area (Å²) in [6.45, 7) is 3.41. The van der Waals surface area contributed by atoms with Crippen molar-refractivity contribution in [1.82, 2.24) is 9.88 Å². The molecule has 1 N–H and O–H groups in total. The summed E-state index contributed by atoms with van der Waals surface area (Å²) in [5.74, 6) is -2.72. The first kappa shape index (κ1) is 22.7. The van der Waals surface area contributed by atoms with Crippen molar-refractivity contribution in [2.75, 3.05) is 42.8 Å². The van der Waals surface area contributed by atoms with Gasteiger partial charge in [0.1, 0.15) is 16.7 Å². The van der Waals surface area contributed by atoms with Crippen LogP contribution in [-0.4, -0.2) is 51.5 Å². The summed E-state index contributed by atoms with van der Waals surface area (Å²) in [5, 5.41) is -0.444. The zero-order chi connectivity index (χ0) is 23.5. The molecule has 2 atom stereocenters. The largest absolute Gasteiger partial charge is 0.370 e. The fourth-order valence-electron chi connectivity index (χ4n) is 5.76. The van der Waals surface area contributed by atoms with E-state index in [2.05, 4.69) is 16.9 Å². The molecule has 0 amide bonds. The number of pyridine rings is 1. The van der Waals surface area contributed by atoms with Crippen LogP contribution in [0.4, 0.5) is 24.7 Å². The fraction of sp³-hybridized carbons (Fsp3) is 0.500. The van der Waals surface area contributed by atoms with Crippen molar-refractivity contribution in [2.24, 2.45) is 17.3 Å². The van der Waals surface area contributed by atoms with Gasteiger partial charge in [-0.25, -0.2) is 22.2 Å². The van der Waals surface area contributed by atoms with Crippen molar-refractivity contribution >= 4 is 33.1 Å². The van der Waals surface area contributed by atoms with Crippen molar-refractivity contribution in [1.29, 1.82) is 0 Å². The van der Waals surface area contributed by atoms with E-state index in [-0.39, 0.29) is 11.1 Å². The molecule has 3 heterocycles. The SMILES string of the molecule is CN1CC(C2CCC23CCN(c2cc(F)c(S(=O)(=O)Nc4cccc(F)n4)c(F)c2Cl)C3)C1. The van der Waals surface area contributed by atoms with Crippen molar-refractivity contribution in [3.8, 4) is 0 Å². The van der Waals surface area contributed by atoms with E-state index in [0.29, 0.717) is 24.9 Å². The molecule has 3 fully saturated rings. The summed E-state index contributed by atoms with van der Waals surface area (Å²) < 4.78 is 70.6. The number of nitrogens with zero attached hydrogens (tertiary/aromatic N) is 3. The van der Waals surface area contributed by atoms with Gasteiger partial charge in [0.15, 0.2) is 10.7 Å². The lowest BCUT2D eigenvalue weighted by molar-refractivity contribution is -0.0535. The average molecular weight is 501 g/mol. The molecule has 11 heteroatoms. The minimum absolute atomic E-state index is 0.123. The molecule has 2 saturated heterocycles. The molecule has 1 aromatic carbocycles. The summed E-state index contributed by atoms with van der Waals surface area (Å²) in [6.07, 6.45) is 3.16. The van der Waals surface area contributed by atoms with Crippen molar-refractivity contribution in [2.45, 2.75) is 24.2 Å². The van der Waals surface area contributed by atoms with E-state index in [0.717, 1.165) is 38.1 Å². The second kappa shape index (κ2) is 8.02. The Morgan fingerprint density at radius 3 is 2.61 bits per heavy atom. The minimum atomic E-state index is -4.73. The van der Waals surface area contributed by atoms with Crippen LogP contribution in [0, 0.1) is 34.8 Å². The molecule has 1 aliphatic carbocycles. The molecular formula is C22H24ClF3N4O2S. The van der Waals surface area contributed by atoms with Gasteiger partial charge in [-0.15, -0.1) is 0 Å². The number of hydrogen-bond donors (Lipinski definition) is 1. The Bertz CT molecular complexity index is 1210. The quantitative estimate of drug-likeness (QED) is 0.494. The van der Waals surface area contributed by atoms with Crippen LogP contribution in [0.5, 0.6) is 0 Å². The van der Waals surface area contributed by atoms with Crippen molar-refractivity contribution in [3.63, 3.8) is 0 Å². The van der Waals surface area contributed by atoms with E-state index in [1.54, 1.807) is 0 Å². The number of sulfonamides is 1. The zero-order valence-corrected chi connectivity index (χ0v) is 19.6. The van der Waals surface area contributed by atoms with E-state index >= 15 is 4.39 Å². The first-order valence-electron chi connectivity index (χ1n) is 10.9. The predicted octanol–water partition coefficient (Wildman–Crippen LogP) is 4.12. The van der Waals surface area contributed by atoms with Crippen LogP contribution < -0.4 is 9.62 Å². The molecule has 6 nitrogen and oxygen atoms in total. The molecule has 2 aliphatic heterocycles. The summed E-state index contributed by atoms with van der Waals surface area (Å²) in [4.78, 5) is 6.31. The van der Waals surface area contributed by atoms with Crippen LogP contribution in [0.2, 0.25) is 5.02 Å². The number of rotatable bonds is 5. The third-order valence-corrected chi connectivity index (χ3v) is 9.20. The van der Waals surface area contributed by atoms with E-state index in [1.165, 1.54) is 18.6 Å². The maximum Gasteiger partial charge on any atom is 0.268 e. The highest BCUT2D eigenvalue weighted by Crippen LogP contribution is 2.58. The first-order chi connectivity index (χ1) is 15.6. The lowest BCUT2D eigenvalue weighted by Gasteiger charge is -2.55. The number of nitrogens with one attached hydrogen (secondary N) is 1. The Morgan fingerprint density at radius 2 is 1.97 bits per heavy atom. The molecular weight excluding hydrogens is 477 g/mol. The average Bonchev–Trinajstić information content (AvgIpc) is 3.16. The summed E-state index contributed by atoms with van der Waals surface area (Å²) in [7, 11) is -2.63. The van der Waals surface area contributed by atoms with Crippen LogP contribution in [0.1, 0.15) is 19.3 Å². The summed E-state index contributed by atoms with van der Waals surface area (Å²) >= 11 is 6.24. The number of anilines is 2. The van der Waals surface area contributed by atoms with Crippen LogP contribution >= 0.6 is 11.6 Å². The van der Waals surface area contributed by atoms with E-state index in [4.69, 9.17) is 11.6 Å². The third kappa shape index (κ3) is 3.85. The van der Waals surface area contributed by atoms with Gasteiger partial charge in [-0.1, -0.05) is 17.7 Å². The molecule has 1 saturated carbocycles. The maximum absolute atomic E-state index is 15.1. The van der Waals surface area contributed by atoms with Gasteiger partial charge >= 0.3 is 0 Å². The van der Waals surface area contributed by atoms with Gasteiger partial charge in [-0.3, -0.25) is 4.72 Å². The number of hydrogen-bond acceptors (Lipinski definition) is 5. The first-order valence-corrected chi connectivity index (χ1v) is 12.7. The van der Waals surface area contributed by atoms with Gasteiger partial charge in [-0.05, 0) is 55.7 Å². The molecule has 0 bridgehead atoms. The Hall–Kier alpha value is -2.04. The van der Waals surface area contributed by atoms with Crippen molar-refractivity contribution < 1.29 is 21.6 Å². The monoisotopic (exact) mass is 500 g/mol. The third-order valence-electron chi connectivity index (χ3n) is 7.45. The molecule has 33 heavy (non-hydrogen) atoms. The number of likely N-dealkylation sites (tertiary alicyclic amines) is 1. The van der Waals surface area contributed by atoms with Crippen molar-refractivity contribution in [3.05, 3.63) is 46.9 Å². The Morgan fingerprint density at radius 1 is 1.21 bits per heavy atom. The van der Waals surface area contributed by atoms with E-state index in [1.807, 2.05) is 9.62 Å². The van der Waals surface area contributed by atoms with Gasteiger partial charge in [0, 0.05) is 32.2 Å². The summed E-state index contributed by atoms with van der Waals surface area (Å²) in [5.41, 5.74) is 0.278. The number of halogens is 4. The molecule has 3 aliphatic rings. The number of benzene rings is 1. The standard InChI is InChI=1S/C22H24ClF3N4O2S/c1-29-10-13(11-29)14-5-6-22(14)7-8-30(12-22)16-9-15(24)21(20(26)19(16)23)33(31,32)28-18-4-2-3-17(25)27-18/h2-4,9,13-14H,5-8,10-12H2,1H3,(H,27,28). The van der Waals surface area contributed by atoms with Gasteiger partial charge in [0.05, 0.1) is 5.69 Å². The molecule has 1 spiro atoms. The molecule has 2 unspecified atom stereocenters. The van der Waals surface area contributed by atoms with Gasteiger partial charge in [0.2, 0.25) is 5.95 Å². The Balaban J connectivity index is 1.40. The normalized spacial score (nSPS) is 25.8. The van der Waals surface area contributed by atoms with E-state index in [9.17, 15) is 17.2 Å². The second-order valence-corrected chi connectivity index (χ2v) is 11.4. The van der Waals surface area contributed by atoms with Gasteiger partial charge in [-0.2, -0.15) is 4.39 Å². The van der Waals surface area contributed by atoms with Crippen LogP contribution in [-0.2, 0) is 10.0 Å². The van der Waals surface area contributed by atoms with Crippen LogP contribution in [0.3, 0.4) is 0 Å². The number of aromatic nitrogens is 1. The van der Waals surface area contributed by atoms with Gasteiger partial charge in [0.25, 0.3) is 10.0 Å². The molecule has 1 aromatic heterocycles. The van der Waals surface area contributed by atoms with Crippen LogP contribution in [0.15, 0.2) is 29.2 Å². The highest BCUT2D eigenvalue weighted by Gasteiger charge is 2.55. The zero-order valence-electron chi connectivity index (χ0n) is 18.0. The lowest BCUT2D eigenvalue weighted by Crippen LogP contribution is -2.56. The Labute approximate surface area is 195 Å². The molecule has 0 radical (unpaired) electrons. The summed E-state index contributed by atoms with van der Waals surface area (Å²) in [6, 6.07) is 4.39. The Kier molecular flexibility index (Phi) is 5.53.